The van der Waals surface area contributed by atoms with Crippen LogP contribution in [-0.2, 0) is 20.7 Å². The van der Waals surface area contributed by atoms with E-state index in [4.69, 9.17) is 23.4 Å². The number of aryl methyl sites for hydroxylation is 1. The quantitative estimate of drug-likeness (QED) is 0.128. The molecule has 7 rings (SSSR count). The second kappa shape index (κ2) is 14.6. The SMILES string of the molecule is CCOC(=O)CCc1cc2ccoc2c2c1O[C@@H]1O[C@@](CO)(CSSC3(CCCC3)CNCCO2)[C@]2(O)C[C@H]3C=C[C@H](O)[C@@H](CO)[C@@H]3[C@@]1(O)[C@H]2O. The Balaban J connectivity index is 1.39. The number of allylic oxidation sites excluding steroid dienone is 1. The molecule has 0 radical (unpaired) electrons. The van der Waals surface area contributed by atoms with Crippen molar-refractivity contribution in [3.8, 4) is 11.5 Å². The van der Waals surface area contributed by atoms with E-state index in [-0.39, 0.29) is 54.5 Å². The lowest BCUT2D eigenvalue weighted by molar-refractivity contribution is -0.416. The molecule has 0 unspecified atom stereocenters. The number of aliphatic hydroxyl groups excluding tert-OH is 4. The second-order valence-electron chi connectivity index (χ2n) is 14.6. The van der Waals surface area contributed by atoms with Gasteiger partial charge in [0.25, 0.3) is 0 Å². The molecule has 1 aromatic carbocycles. The summed E-state index contributed by atoms with van der Waals surface area (Å²) in [5.74, 6) is -2.71. The molecule has 2 aliphatic heterocycles. The lowest BCUT2D eigenvalue weighted by Gasteiger charge is -2.66. The van der Waals surface area contributed by atoms with Crippen molar-refractivity contribution in [1.29, 1.82) is 0 Å². The van der Waals surface area contributed by atoms with Crippen LogP contribution in [0, 0.1) is 17.8 Å². The Morgan fingerprint density at radius 2 is 1.94 bits per heavy atom. The lowest BCUT2D eigenvalue weighted by atomic mass is 9.51. The van der Waals surface area contributed by atoms with Crippen LogP contribution in [0.15, 0.2) is 35.0 Å². The van der Waals surface area contributed by atoms with Gasteiger partial charge in [0.05, 0.1) is 25.6 Å². The minimum Gasteiger partial charge on any atom is -0.485 e. The highest BCUT2D eigenvalue weighted by molar-refractivity contribution is 8.77. The second-order valence-corrected chi connectivity index (χ2v) is 17.4. The lowest BCUT2D eigenvalue weighted by Crippen LogP contribution is -2.85. The third-order valence-electron chi connectivity index (χ3n) is 11.7. The van der Waals surface area contributed by atoms with Gasteiger partial charge in [-0.2, -0.15) is 0 Å². The smallest absolute Gasteiger partial charge is 0.306 e. The first-order chi connectivity index (χ1) is 24.5. The Labute approximate surface area is 304 Å². The van der Waals surface area contributed by atoms with Gasteiger partial charge in [-0.25, -0.2) is 0 Å². The van der Waals surface area contributed by atoms with E-state index >= 15 is 0 Å². The largest absolute Gasteiger partial charge is 0.485 e. The van der Waals surface area contributed by atoms with Gasteiger partial charge in [0.15, 0.2) is 16.9 Å². The fourth-order valence-electron chi connectivity index (χ4n) is 9.05. The monoisotopic (exact) mass is 751 g/mol. The molecule has 7 N–H and O–H groups in total. The van der Waals surface area contributed by atoms with Crippen LogP contribution >= 0.6 is 21.6 Å². The number of carbonyl (C=O) groups is 1. The molecule has 1 aromatic heterocycles. The average Bonchev–Trinajstić information content (AvgIpc) is 3.79. The number of hydrogen-bond donors (Lipinski definition) is 7. The van der Waals surface area contributed by atoms with Gasteiger partial charge < -0.3 is 59.3 Å². The number of benzene rings is 1. The fourth-order valence-corrected chi connectivity index (χ4v) is 12.7. The Kier molecular flexibility index (Phi) is 10.7. The predicted octanol–water partition coefficient (Wildman–Crippen LogP) is 2.07. The van der Waals surface area contributed by atoms with E-state index in [0.29, 0.717) is 29.6 Å². The van der Waals surface area contributed by atoms with Gasteiger partial charge in [0.1, 0.15) is 23.9 Å². The van der Waals surface area contributed by atoms with Crippen LogP contribution in [0.5, 0.6) is 11.5 Å². The van der Waals surface area contributed by atoms with Crippen molar-refractivity contribution in [2.75, 3.05) is 45.3 Å². The number of fused-ring (bicyclic) bond motifs is 11. The molecule has 2 aromatic rings. The van der Waals surface area contributed by atoms with E-state index in [2.05, 4.69) is 5.32 Å². The van der Waals surface area contributed by atoms with Crippen molar-refractivity contribution in [1.82, 2.24) is 5.32 Å². The van der Waals surface area contributed by atoms with Gasteiger partial charge in [-0.15, -0.1) is 0 Å². The molecule has 2 saturated carbocycles. The molecule has 1 spiro atoms. The van der Waals surface area contributed by atoms with Crippen LogP contribution < -0.4 is 14.8 Å². The summed E-state index contributed by atoms with van der Waals surface area (Å²) in [6.45, 7) is 2.11. The summed E-state index contributed by atoms with van der Waals surface area (Å²) in [5, 5.41) is 74.8. The third kappa shape index (κ3) is 6.28. The molecule has 9 atom stereocenters. The predicted molar refractivity (Wildman–Crippen MR) is 189 cm³/mol. The number of aliphatic hydroxyl groups is 6. The van der Waals surface area contributed by atoms with Crippen molar-refractivity contribution >= 4 is 38.5 Å². The molecule has 0 amide bonds. The maximum Gasteiger partial charge on any atom is 0.306 e. The van der Waals surface area contributed by atoms with Crippen LogP contribution in [0.2, 0.25) is 0 Å². The summed E-state index contributed by atoms with van der Waals surface area (Å²) in [6, 6.07) is 3.55. The molecule has 15 heteroatoms. The minimum atomic E-state index is -2.41. The van der Waals surface area contributed by atoms with Gasteiger partial charge in [0, 0.05) is 53.8 Å². The maximum absolute atomic E-state index is 12.9. The Morgan fingerprint density at radius 3 is 2.69 bits per heavy atom. The van der Waals surface area contributed by atoms with Crippen molar-refractivity contribution in [3.05, 3.63) is 36.1 Å². The van der Waals surface area contributed by atoms with Crippen LogP contribution in [0.4, 0.5) is 0 Å². The summed E-state index contributed by atoms with van der Waals surface area (Å²) in [6.07, 6.45) is 4.00. The Bertz CT molecular complexity index is 1600. The molecule has 4 bridgehead atoms. The summed E-state index contributed by atoms with van der Waals surface area (Å²) in [5.41, 5.74) is -5.54. The molecule has 282 valence electrons. The van der Waals surface area contributed by atoms with E-state index in [1.165, 1.54) is 23.1 Å². The molecule has 5 aliphatic rings. The summed E-state index contributed by atoms with van der Waals surface area (Å²) < 4.78 is 30.8. The maximum atomic E-state index is 12.9. The summed E-state index contributed by atoms with van der Waals surface area (Å²) in [7, 11) is 3.12. The van der Waals surface area contributed by atoms with Crippen LogP contribution in [-0.4, -0.2) is 122 Å². The van der Waals surface area contributed by atoms with Crippen molar-refractivity contribution in [2.45, 2.75) is 91.9 Å². The Morgan fingerprint density at radius 1 is 1.14 bits per heavy atom. The third-order valence-corrected chi connectivity index (χ3v) is 15.1. The van der Waals surface area contributed by atoms with Gasteiger partial charge in [-0.05, 0) is 56.2 Å². The van der Waals surface area contributed by atoms with E-state index in [0.717, 1.165) is 25.7 Å². The molecule has 3 heterocycles. The van der Waals surface area contributed by atoms with E-state index < -0.39 is 72.2 Å². The number of esters is 1. The van der Waals surface area contributed by atoms with E-state index in [1.807, 2.05) is 0 Å². The van der Waals surface area contributed by atoms with Gasteiger partial charge >= 0.3 is 5.97 Å². The van der Waals surface area contributed by atoms with Gasteiger partial charge in [-0.3, -0.25) is 4.79 Å². The molecule has 1 saturated heterocycles. The number of furan rings is 1. The fraction of sp³-hybridized carbons (Fsp3) is 0.694. The molecule has 3 fully saturated rings. The van der Waals surface area contributed by atoms with Crippen molar-refractivity contribution in [2.24, 2.45) is 17.8 Å². The number of ether oxygens (including phenoxy) is 4. The number of hydrogen-bond acceptors (Lipinski definition) is 15. The highest BCUT2D eigenvalue weighted by Crippen LogP contribution is 2.61. The highest BCUT2D eigenvalue weighted by Gasteiger charge is 2.76. The van der Waals surface area contributed by atoms with Crippen molar-refractivity contribution < 1.29 is 58.8 Å². The summed E-state index contributed by atoms with van der Waals surface area (Å²) in [4.78, 5) is 12.6. The normalized spacial score (nSPS) is 37.8. The van der Waals surface area contributed by atoms with Gasteiger partial charge in [-0.1, -0.05) is 46.6 Å². The first-order valence-electron chi connectivity index (χ1n) is 17.9. The van der Waals surface area contributed by atoms with Crippen molar-refractivity contribution in [3.63, 3.8) is 0 Å². The average molecular weight is 752 g/mol. The number of nitrogens with one attached hydrogen (secondary N) is 1. The van der Waals surface area contributed by atoms with Crippen LogP contribution in [0.3, 0.4) is 0 Å². The van der Waals surface area contributed by atoms with E-state index in [9.17, 15) is 35.4 Å². The molecular weight excluding hydrogens is 703 g/mol. The zero-order chi connectivity index (χ0) is 36.0. The Hall–Kier alpha value is -2.05. The van der Waals surface area contributed by atoms with E-state index in [1.54, 1.807) is 35.9 Å². The first kappa shape index (κ1) is 37.3. The number of carbonyl (C=O) groups excluding carboxylic acids is 1. The van der Waals surface area contributed by atoms with Crippen LogP contribution in [0.25, 0.3) is 11.0 Å². The topological polar surface area (TPSA) is 201 Å². The highest BCUT2D eigenvalue weighted by atomic mass is 33.1. The van der Waals surface area contributed by atoms with Crippen LogP contribution in [0.1, 0.15) is 51.0 Å². The molecular formula is C36H49NO12S2. The zero-order valence-corrected chi connectivity index (χ0v) is 30.3. The molecule has 3 aliphatic carbocycles. The summed E-state index contributed by atoms with van der Waals surface area (Å²) >= 11 is 0. The number of rotatable bonds is 6. The van der Waals surface area contributed by atoms with Gasteiger partial charge in [0.2, 0.25) is 12.0 Å². The molecule has 51 heavy (non-hydrogen) atoms. The standard InChI is InChI=1S/C36H49NO12S2/c1-2-45-26(41)8-6-21-15-22-9-13-46-28(22)30-29(21)48-32-36(44)27-23(5-7-25(40)24(27)17-38)16-35(43,31(36)42)34(19-39,49-32)20-50-51-33(10-3-4-11-33)18-37-12-14-47-30/h5,7,9,13,15,23-25,27,31-32,37-40,42-44H,2-4,6,8,10-12,14,16-20H2,1H3/t23-,24-,25+,27-,31+,32-,34+,35+,36-/m1/s1. The zero-order valence-electron chi connectivity index (χ0n) is 28.7. The molecule has 13 nitrogen and oxygen atoms in total. The minimum absolute atomic E-state index is 0.00246. The first-order valence-corrected chi connectivity index (χ1v) is 20.2.